The number of amides is 1. The average molecular weight is 392 g/mol. The molecule has 28 heavy (non-hydrogen) atoms. The maximum Gasteiger partial charge on any atom is 0.309 e. The summed E-state index contributed by atoms with van der Waals surface area (Å²) < 4.78 is 37.3. The van der Waals surface area contributed by atoms with E-state index in [4.69, 9.17) is 9.15 Å². The topological polar surface area (TPSA) is 72.6 Å². The molecule has 150 valence electrons. The van der Waals surface area contributed by atoms with Crippen LogP contribution in [0.1, 0.15) is 32.1 Å². The molecule has 3 rings (SSSR count). The van der Waals surface area contributed by atoms with E-state index in [9.17, 15) is 18.4 Å². The zero-order chi connectivity index (χ0) is 20.1. The van der Waals surface area contributed by atoms with E-state index < -0.39 is 11.6 Å². The number of likely N-dealkylation sites (tertiary alicyclic amines) is 1. The summed E-state index contributed by atoms with van der Waals surface area (Å²) >= 11 is 0. The molecule has 1 amide bonds. The van der Waals surface area contributed by atoms with E-state index >= 15 is 0 Å². The molecule has 0 unspecified atom stereocenters. The first kappa shape index (κ1) is 20.0. The van der Waals surface area contributed by atoms with Crippen LogP contribution in [0.5, 0.6) is 0 Å². The number of hydrogen-bond donors (Lipinski definition) is 0. The number of esters is 1. The van der Waals surface area contributed by atoms with Crippen LogP contribution >= 0.6 is 0 Å². The molecule has 0 aliphatic carbocycles. The van der Waals surface area contributed by atoms with Crippen molar-refractivity contribution in [2.45, 2.75) is 32.6 Å². The molecule has 8 heteroatoms. The molecular formula is C20H22F2N2O4. The molecule has 6 nitrogen and oxygen atoms in total. The maximum atomic E-state index is 13.8. The van der Waals surface area contributed by atoms with Gasteiger partial charge in [-0.1, -0.05) is 0 Å². The van der Waals surface area contributed by atoms with Crippen molar-refractivity contribution in [2.75, 3.05) is 19.7 Å². The second kappa shape index (κ2) is 8.95. The number of rotatable bonds is 6. The Morgan fingerprint density at radius 1 is 1.29 bits per heavy atom. The Labute approximate surface area is 161 Å². The monoisotopic (exact) mass is 392 g/mol. The van der Waals surface area contributed by atoms with Crippen molar-refractivity contribution < 1.29 is 27.5 Å². The predicted octanol–water partition coefficient (Wildman–Crippen LogP) is 3.35. The van der Waals surface area contributed by atoms with E-state index in [-0.39, 0.29) is 42.0 Å². The summed E-state index contributed by atoms with van der Waals surface area (Å²) in [5.41, 5.74) is 0.118. The smallest absolute Gasteiger partial charge is 0.309 e. The van der Waals surface area contributed by atoms with Gasteiger partial charge >= 0.3 is 5.97 Å². The second-order valence-corrected chi connectivity index (χ2v) is 6.65. The number of oxazole rings is 1. The van der Waals surface area contributed by atoms with Gasteiger partial charge in [0.15, 0.2) is 11.7 Å². The van der Waals surface area contributed by atoms with E-state index in [2.05, 4.69) is 4.98 Å². The number of aromatic nitrogens is 1. The first-order chi connectivity index (χ1) is 13.5. The van der Waals surface area contributed by atoms with Gasteiger partial charge in [0.25, 0.3) is 0 Å². The quantitative estimate of drug-likeness (QED) is 0.705. The Balaban J connectivity index is 1.50. The molecule has 0 saturated carbocycles. The number of ether oxygens (including phenoxy) is 1. The highest BCUT2D eigenvalue weighted by Crippen LogP contribution is 2.25. The fourth-order valence-electron chi connectivity index (χ4n) is 3.24. The van der Waals surface area contributed by atoms with Crippen molar-refractivity contribution in [1.82, 2.24) is 9.88 Å². The number of carbonyl (C=O) groups excluding carboxylic acids is 2. The van der Waals surface area contributed by atoms with Gasteiger partial charge in [-0.2, -0.15) is 0 Å². The third kappa shape index (κ3) is 4.74. The van der Waals surface area contributed by atoms with Crippen molar-refractivity contribution in [3.63, 3.8) is 0 Å². The van der Waals surface area contributed by atoms with Gasteiger partial charge in [-0.3, -0.25) is 9.59 Å². The minimum Gasteiger partial charge on any atom is -0.466 e. The highest BCUT2D eigenvalue weighted by atomic mass is 19.1. The lowest BCUT2D eigenvalue weighted by atomic mass is 9.97. The Morgan fingerprint density at radius 3 is 2.71 bits per heavy atom. The SMILES string of the molecule is CCOC(=O)C1CCN(C(=O)CCc2ncc(-c3ccc(F)cc3F)o2)CC1. The molecule has 1 aromatic heterocycles. The maximum absolute atomic E-state index is 13.8. The number of nitrogens with zero attached hydrogens (tertiary/aromatic N) is 2. The van der Waals surface area contributed by atoms with E-state index in [1.807, 2.05) is 0 Å². The molecule has 0 spiro atoms. The zero-order valence-electron chi connectivity index (χ0n) is 15.6. The number of piperidine rings is 1. The van der Waals surface area contributed by atoms with E-state index in [0.29, 0.717) is 38.4 Å². The number of halogens is 2. The molecule has 2 aromatic rings. The lowest BCUT2D eigenvalue weighted by Crippen LogP contribution is -2.40. The van der Waals surface area contributed by atoms with Gasteiger partial charge in [0.1, 0.15) is 11.6 Å². The van der Waals surface area contributed by atoms with E-state index in [0.717, 1.165) is 12.1 Å². The Kier molecular flexibility index (Phi) is 6.38. The highest BCUT2D eigenvalue weighted by molar-refractivity contribution is 5.77. The molecule has 1 aliphatic heterocycles. The molecule has 2 heterocycles. The van der Waals surface area contributed by atoms with Crippen molar-refractivity contribution >= 4 is 11.9 Å². The summed E-state index contributed by atoms with van der Waals surface area (Å²) in [4.78, 5) is 29.9. The zero-order valence-corrected chi connectivity index (χ0v) is 15.6. The van der Waals surface area contributed by atoms with Crippen molar-refractivity contribution in [3.05, 3.63) is 41.9 Å². The standard InChI is InChI=1S/C20H22F2N2O4/c1-2-27-20(26)13-7-9-24(10-8-13)19(25)6-5-18-23-12-17(28-18)15-4-3-14(21)11-16(15)22/h3-4,11-13H,2,5-10H2,1H3. The third-order valence-corrected chi connectivity index (χ3v) is 4.77. The van der Waals surface area contributed by atoms with Gasteiger partial charge in [-0.25, -0.2) is 13.8 Å². The second-order valence-electron chi connectivity index (χ2n) is 6.65. The fourth-order valence-corrected chi connectivity index (χ4v) is 3.24. The predicted molar refractivity (Wildman–Crippen MR) is 96.1 cm³/mol. The van der Waals surface area contributed by atoms with Gasteiger partial charge < -0.3 is 14.1 Å². The largest absolute Gasteiger partial charge is 0.466 e. The lowest BCUT2D eigenvalue weighted by Gasteiger charge is -2.30. The van der Waals surface area contributed by atoms with Crippen LogP contribution < -0.4 is 0 Å². The van der Waals surface area contributed by atoms with Crippen molar-refractivity contribution in [3.8, 4) is 11.3 Å². The van der Waals surface area contributed by atoms with Gasteiger partial charge in [-0.05, 0) is 31.9 Å². The van der Waals surface area contributed by atoms with Crippen LogP contribution in [0, 0.1) is 17.6 Å². The van der Waals surface area contributed by atoms with E-state index in [1.165, 1.54) is 12.3 Å². The number of carbonyl (C=O) groups is 2. The lowest BCUT2D eigenvalue weighted by molar-refractivity contribution is -0.151. The number of aryl methyl sites for hydroxylation is 1. The molecule has 0 bridgehead atoms. The van der Waals surface area contributed by atoms with Crippen LogP contribution in [-0.4, -0.2) is 41.5 Å². The Bertz CT molecular complexity index is 844. The summed E-state index contributed by atoms with van der Waals surface area (Å²) in [5, 5.41) is 0. The minimum absolute atomic E-state index is 0.0463. The molecule has 1 aliphatic rings. The number of hydrogen-bond acceptors (Lipinski definition) is 5. The van der Waals surface area contributed by atoms with Crippen LogP contribution in [0.3, 0.4) is 0 Å². The average Bonchev–Trinajstić information content (AvgIpc) is 3.15. The third-order valence-electron chi connectivity index (χ3n) is 4.77. The number of benzene rings is 1. The Morgan fingerprint density at radius 2 is 2.04 bits per heavy atom. The molecule has 0 atom stereocenters. The normalized spacial score (nSPS) is 14.9. The molecule has 0 N–H and O–H groups in total. The van der Waals surface area contributed by atoms with Gasteiger partial charge in [-0.15, -0.1) is 0 Å². The van der Waals surface area contributed by atoms with Crippen molar-refractivity contribution in [2.24, 2.45) is 5.92 Å². The molecule has 1 fully saturated rings. The van der Waals surface area contributed by atoms with E-state index in [1.54, 1.807) is 11.8 Å². The van der Waals surface area contributed by atoms with Crippen LogP contribution in [0.2, 0.25) is 0 Å². The molecule has 1 saturated heterocycles. The minimum atomic E-state index is -0.733. The first-order valence-corrected chi connectivity index (χ1v) is 9.32. The molecule has 1 aromatic carbocycles. The first-order valence-electron chi connectivity index (χ1n) is 9.32. The van der Waals surface area contributed by atoms with Crippen LogP contribution in [0.15, 0.2) is 28.8 Å². The highest BCUT2D eigenvalue weighted by Gasteiger charge is 2.28. The summed E-state index contributed by atoms with van der Waals surface area (Å²) in [6.45, 7) is 3.16. The van der Waals surface area contributed by atoms with Crippen LogP contribution in [-0.2, 0) is 20.7 Å². The van der Waals surface area contributed by atoms with Gasteiger partial charge in [0, 0.05) is 32.0 Å². The Hall–Kier alpha value is -2.77. The van der Waals surface area contributed by atoms with Gasteiger partial charge in [0.2, 0.25) is 5.91 Å². The fraction of sp³-hybridized carbons (Fsp3) is 0.450. The summed E-state index contributed by atoms with van der Waals surface area (Å²) in [6.07, 6.45) is 3.03. The van der Waals surface area contributed by atoms with Crippen LogP contribution in [0.25, 0.3) is 11.3 Å². The van der Waals surface area contributed by atoms with Crippen LogP contribution in [0.4, 0.5) is 8.78 Å². The molecule has 0 radical (unpaired) electrons. The summed E-state index contributed by atoms with van der Waals surface area (Å²) in [7, 11) is 0. The summed E-state index contributed by atoms with van der Waals surface area (Å²) in [6, 6.07) is 3.21. The molecular weight excluding hydrogens is 370 g/mol. The van der Waals surface area contributed by atoms with Gasteiger partial charge in [0.05, 0.1) is 24.3 Å². The summed E-state index contributed by atoms with van der Waals surface area (Å²) in [5.74, 6) is -1.29. The van der Waals surface area contributed by atoms with Crippen molar-refractivity contribution in [1.29, 1.82) is 0 Å².